The number of nitrogens with two attached hydrogens (primary N) is 3. The topological polar surface area (TPSA) is 197 Å². The van der Waals surface area contributed by atoms with E-state index >= 15 is 0 Å². The van der Waals surface area contributed by atoms with Crippen molar-refractivity contribution in [2.24, 2.45) is 0 Å². The van der Waals surface area contributed by atoms with Crippen LogP contribution in [-0.2, 0) is 36.9 Å². The first-order valence-corrected chi connectivity index (χ1v) is 21.8. The molecule has 0 saturated carbocycles. The van der Waals surface area contributed by atoms with Crippen molar-refractivity contribution in [2.75, 3.05) is 69.9 Å². The van der Waals surface area contributed by atoms with Gasteiger partial charge in [-0.1, -0.05) is 24.6 Å². The average molecular weight is 832 g/mol. The molecule has 13 nitrogen and oxygen atoms in total. The minimum absolute atomic E-state index is 0.0656. The number of aromatic nitrogens is 2. The minimum Gasteiger partial charge on any atom is -0.399 e. The number of ether oxygens (including phenoxy) is 3. The zero-order chi connectivity index (χ0) is 42.8. The summed E-state index contributed by atoms with van der Waals surface area (Å²) in [6.45, 7) is 5.90. The Bertz CT molecular complexity index is 2400. The summed E-state index contributed by atoms with van der Waals surface area (Å²) in [5.74, 6) is 0.138. The van der Waals surface area contributed by atoms with Gasteiger partial charge in [-0.15, -0.1) is 0 Å². The van der Waals surface area contributed by atoms with Crippen molar-refractivity contribution >= 4 is 61.3 Å². The predicted octanol–water partition coefficient (Wildman–Crippen LogP) is 6.45. The van der Waals surface area contributed by atoms with Crippen LogP contribution < -0.4 is 37.8 Å². The van der Waals surface area contributed by atoms with Crippen LogP contribution >= 0.6 is 0 Å². The van der Waals surface area contributed by atoms with Crippen molar-refractivity contribution in [3.05, 3.63) is 90.5 Å². The lowest BCUT2D eigenvalue weighted by atomic mass is 10.00. The normalized spacial score (nSPS) is 11.5. The zero-order valence-corrected chi connectivity index (χ0v) is 35.4. The highest BCUT2D eigenvalue weighted by atomic mass is 16.5. The molecule has 2 amide bonds. The number of rotatable bonds is 26. The molecule has 4 aromatic rings. The standard InChI is InChI=1S/C48H62N8O5/c49-37-11-15-41-35(29-37)33-55(45-31-39(51)13-17-43(41)45)21-5-1-3-9-47(57)53-19-7-23-59-25-27-61-28-26-60-24-8-20-54-48(58)10-4-2-6-22-56-34-36-30-38(50)12-16-42(36)44-18-14-40(52)32-46(44)56/h11-18,29-34,51-52H,1-10,19-28,49-50H2,(H2,53,54,57,58)/p+1. The van der Waals surface area contributed by atoms with E-state index in [4.69, 9.17) is 36.8 Å². The van der Waals surface area contributed by atoms with Crippen LogP contribution in [-0.4, -0.2) is 69.1 Å². The van der Waals surface area contributed by atoms with Crippen LogP contribution in [0, 0.1) is 5.41 Å². The van der Waals surface area contributed by atoms with E-state index in [9.17, 15) is 9.59 Å². The molecule has 0 atom stereocenters. The molecule has 1 aliphatic heterocycles. The molecule has 0 saturated heterocycles. The molecule has 0 unspecified atom stereocenters. The number of nitrogens with one attached hydrogen (secondary N) is 3. The Morgan fingerprint density at radius 2 is 1.16 bits per heavy atom. The summed E-state index contributed by atoms with van der Waals surface area (Å²) in [7, 11) is 0. The Morgan fingerprint density at radius 3 is 1.84 bits per heavy atom. The Kier molecular flexibility index (Phi) is 17.1. The molecule has 6 rings (SSSR count). The number of hydrogen-bond acceptors (Lipinski definition) is 9. The van der Waals surface area contributed by atoms with Gasteiger partial charge in [0.25, 0.3) is 0 Å². The van der Waals surface area contributed by atoms with Crippen molar-refractivity contribution in [3.63, 3.8) is 0 Å². The summed E-state index contributed by atoms with van der Waals surface area (Å²) in [4.78, 5) is 24.7. The maximum absolute atomic E-state index is 12.3. The van der Waals surface area contributed by atoms with Crippen LogP contribution in [0.4, 0.5) is 17.1 Å². The van der Waals surface area contributed by atoms with Gasteiger partial charge in [-0.3, -0.25) is 9.59 Å². The van der Waals surface area contributed by atoms with Crippen LogP contribution in [0.15, 0.2) is 85.2 Å². The lowest BCUT2D eigenvalue weighted by Crippen LogP contribution is -2.34. The minimum atomic E-state index is 0.0656. The summed E-state index contributed by atoms with van der Waals surface area (Å²) >= 11 is 0. The van der Waals surface area contributed by atoms with E-state index in [1.165, 1.54) is 0 Å². The summed E-state index contributed by atoms with van der Waals surface area (Å²) in [5.41, 5.74) is 23.7. The molecule has 61 heavy (non-hydrogen) atoms. The van der Waals surface area contributed by atoms with E-state index in [0.717, 1.165) is 125 Å². The lowest BCUT2D eigenvalue weighted by Gasteiger charge is -2.19. The van der Waals surface area contributed by atoms with E-state index in [2.05, 4.69) is 44.3 Å². The molecule has 0 spiro atoms. The highest BCUT2D eigenvalue weighted by Gasteiger charge is 2.15. The number of pyridine rings is 2. The molecule has 0 fully saturated rings. The number of nitrogen functional groups attached to an aromatic ring is 3. The third-order valence-electron chi connectivity index (χ3n) is 10.9. The van der Waals surface area contributed by atoms with Crippen LogP contribution in [0.2, 0.25) is 0 Å². The van der Waals surface area contributed by atoms with Crippen molar-refractivity contribution < 1.29 is 28.4 Å². The molecular weight excluding hydrogens is 769 g/mol. The number of fused-ring (bicyclic) bond motifs is 6. The molecule has 1 aromatic heterocycles. The molecule has 13 heteroatoms. The number of aryl methyl sites for hydroxylation is 2. The number of carbonyl (C=O) groups excluding carboxylic acids is 2. The van der Waals surface area contributed by atoms with Gasteiger partial charge in [-0.25, -0.2) is 0 Å². The van der Waals surface area contributed by atoms with E-state index in [0.29, 0.717) is 70.9 Å². The molecule has 0 radical (unpaired) electrons. The Morgan fingerprint density at radius 1 is 0.590 bits per heavy atom. The number of amides is 2. The van der Waals surface area contributed by atoms with Gasteiger partial charge in [0.1, 0.15) is 6.54 Å². The fourth-order valence-corrected chi connectivity index (χ4v) is 7.73. The largest absolute Gasteiger partial charge is 0.399 e. The second-order valence-electron chi connectivity index (χ2n) is 15.7. The molecule has 9 N–H and O–H groups in total. The molecule has 2 aliphatic rings. The van der Waals surface area contributed by atoms with E-state index in [-0.39, 0.29) is 11.8 Å². The van der Waals surface area contributed by atoms with Gasteiger partial charge in [0.05, 0.1) is 42.9 Å². The van der Waals surface area contributed by atoms with Crippen LogP contribution in [0.25, 0.3) is 43.7 Å². The van der Waals surface area contributed by atoms with Crippen molar-refractivity contribution in [2.45, 2.75) is 77.3 Å². The summed E-state index contributed by atoms with van der Waals surface area (Å²) in [5, 5.41) is 20.2. The van der Waals surface area contributed by atoms with Crippen LogP contribution in [0.5, 0.6) is 0 Å². The smallest absolute Gasteiger partial charge is 0.219 e. The fraction of sp³-hybridized carbons (Fsp3) is 0.417. The quantitative estimate of drug-likeness (QED) is 0.0155. The Labute approximate surface area is 358 Å². The molecule has 1 aliphatic carbocycles. The molecule has 324 valence electrons. The number of carbonyl (C=O) groups is 2. The highest BCUT2D eigenvalue weighted by molar-refractivity contribution is 6.05. The monoisotopic (exact) mass is 831 g/mol. The van der Waals surface area contributed by atoms with Gasteiger partial charge in [0.2, 0.25) is 17.3 Å². The fourth-order valence-electron chi connectivity index (χ4n) is 7.73. The molecule has 3 aromatic carbocycles. The maximum atomic E-state index is 12.3. The van der Waals surface area contributed by atoms with E-state index in [1.54, 1.807) is 0 Å². The Hall–Kier alpha value is -5.76. The van der Waals surface area contributed by atoms with Gasteiger partial charge in [0, 0.05) is 103 Å². The van der Waals surface area contributed by atoms with Crippen molar-refractivity contribution in [1.29, 1.82) is 5.41 Å². The van der Waals surface area contributed by atoms with Crippen molar-refractivity contribution in [1.82, 2.24) is 15.2 Å². The second kappa shape index (κ2) is 23.3. The average Bonchev–Trinajstić information content (AvgIpc) is 3.24. The molecular formula is C48H63N8O5+. The van der Waals surface area contributed by atoms with Crippen molar-refractivity contribution in [3.8, 4) is 11.3 Å². The number of unbranched alkanes of at least 4 members (excludes halogenated alkanes) is 4. The number of nitrogens with zero attached hydrogens (tertiary/aromatic N) is 2. The lowest BCUT2D eigenvalue weighted by molar-refractivity contribution is -0.670. The highest BCUT2D eigenvalue weighted by Crippen LogP contribution is 2.31. The van der Waals surface area contributed by atoms with E-state index < -0.39 is 0 Å². The first-order chi connectivity index (χ1) is 29.7. The first kappa shape index (κ1) is 44.8. The SMILES string of the molecule is N=c1ccc2c3ccc(N)cc3cn(CCCCCC(=O)NCCCOCCOCCOCCCNC(=O)CCCCC[n+]3cc4cc(N)ccc4c4ccc(N)cc43)c-2c1. The zero-order valence-electron chi connectivity index (χ0n) is 35.4. The first-order valence-electron chi connectivity index (χ1n) is 21.8. The summed E-state index contributed by atoms with van der Waals surface area (Å²) in [6.07, 6.45) is 12.2. The van der Waals surface area contributed by atoms with E-state index in [1.807, 2.05) is 60.7 Å². The maximum Gasteiger partial charge on any atom is 0.219 e. The number of hydrogen-bond donors (Lipinski definition) is 6. The predicted molar refractivity (Wildman–Crippen MR) is 244 cm³/mol. The van der Waals surface area contributed by atoms with Crippen LogP contribution in [0.3, 0.4) is 0 Å². The van der Waals surface area contributed by atoms with Gasteiger partial charge in [-0.2, -0.15) is 4.57 Å². The molecule has 0 bridgehead atoms. The Balaban J connectivity index is 0.704. The molecule has 2 heterocycles. The third kappa shape index (κ3) is 13.6. The van der Waals surface area contributed by atoms with Gasteiger partial charge >= 0.3 is 0 Å². The van der Waals surface area contributed by atoms with Gasteiger partial charge in [-0.05, 0) is 92.4 Å². The number of benzene rings is 4. The summed E-state index contributed by atoms with van der Waals surface area (Å²) < 4.78 is 21.3. The number of anilines is 3. The summed E-state index contributed by atoms with van der Waals surface area (Å²) in [6, 6.07) is 23.7. The second-order valence-corrected chi connectivity index (χ2v) is 15.7. The van der Waals surface area contributed by atoms with Crippen LogP contribution in [0.1, 0.15) is 64.2 Å². The third-order valence-corrected chi connectivity index (χ3v) is 10.9. The van der Waals surface area contributed by atoms with Gasteiger partial charge in [0.15, 0.2) is 6.20 Å². The van der Waals surface area contributed by atoms with Gasteiger partial charge < -0.3 is 52.0 Å².